The molecule has 1 heterocycles. The van der Waals surface area contributed by atoms with Gasteiger partial charge in [-0.15, -0.1) is 0 Å². The van der Waals surface area contributed by atoms with Crippen LogP contribution in [0.25, 0.3) is 0 Å². The summed E-state index contributed by atoms with van der Waals surface area (Å²) in [7, 11) is 0. The number of halogens is 2. The minimum absolute atomic E-state index is 0.0336. The summed E-state index contributed by atoms with van der Waals surface area (Å²) in [6.45, 7) is 2.33. The molecule has 70 valence electrons. The van der Waals surface area contributed by atoms with Gasteiger partial charge >= 0.3 is 0 Å². The SMILES string of the molecule is C/C=C/Cn1cnc(Cl)c(Cl)c1=O. The second-order valence-electron chi connectivity index (χ2n) is 2.38. The van der Waals surface area contributed by atoms with Crippen LogP contribution in [-0.4, -0.2) is 9.55 Å². The van der Waals surface area contributed by atoms with Crippen molar-refractivity contribution in [2.75, 3.05) is 0 Å². The number of aromatic nitrogens is 2. The molecule has 5 heteroatoms. The molecule has 0 aromatic carbocycles. The number of allylic oxidation sites excluding steroid dienone is 2. The van der Waals surface area contributed by atoms with E-state index in [-0.39, 0.29) is 15.7 Å². The quantitative estimate of drug-likeness (QED) is 0.564. The maximum Gasteiger partial charge on any atom is 0.273 e. The van der Waals surface area contributed by atoms with Crippen LogP contribution in [0, 0.1) is 0 Å². The maximum absolute atomic E-state index is 11.4. The monoisotopic (exact) mass is 218 g/mol. The molecule has 0 saturated heterocycles. The molecule has 0 spiro atoms. The lowest BCUT2D eigenvalue weighted by Gasteiger charge is -2.01. The van der Waals surface area contributed by atoms with Gasteiger partial charge in [0.15, 0.2) is 5.15 Å². The lowest BCUT2D eigenvalue weighted by Crippen LogP contribution is -2.20. The molecule has 0 aliphatic heterocycles. The van der Waals surface area contributed by atoms with Gasteiger partial charge in [0.2, 0.25) is 0 Å². The molecule has 0 aliphatic rings. The summed E-state index contributed by atoms with van der Waals surface area (Å²) in [5.41, 5.74) is -0.320. The fraction of sp³-hybridized carbons (Fsp3) is 0.250. The van der Waals surface area contributed by atoms with Gasteiger partial charge in [0, 0.05) is 6.54 Å². The number of hydrogen-bond acceptors (Lipinski definition) is 2. The van der Waals surface area contributed by atoms with E-state index in [2.05, 4.69) is 4.98 Å². The van der Waals surface area contributed by atoms with E-state index in [0.29, 0.717) is 6.54 Å². The topological polar surface area (TPSA) is 34.9 Å². The molecule has 0 unspecified atom stereocenters. The van der Waals surface area contributed by atoms with E-state index in [1.807, 2.05) is 19.1 Å². The van der Waals surface area contributed by atoms with E-state index in [1.54, 1.807) is 0 Å². The predicted octanol–water partition coefficient (Wildman–Crippen LogP) is 2.13. The molecule has 0 bridgehead atoms. The Bertz CT molecular complexity index is 384. The van der Waals surface area contributed by atoms with Crippen molar-refractivity contribution in [2.45, 2.75) is 13.5 Å². The summed E-state index contributed by atoms with van der Waals surface area (Å²) in [5.74, 6) is 0. The van der Waals surface area contributed by atoms with Crippen molar-refractivity contribution in [3.8, 4) is 0 Å². The Morgan fingerprint density at radius 2 is 2.31 bits per heavy atom. The summed E-state index contributed by atoms with van der Waals surface area (Å²) < 4.78 is 1.38. The lowest BCUT2D eigenvalue weighted by molar-refractivity contribution is 0.753. The zero-order valence-corrected chi connectivity index (χ0v) is 8.51. The van der Waals surface area contributed by atoms with Gasteiger partial charge in [0.05, 0.1) is 6.33 Å². The van der Waals surface area contributed by atoms with E-state index >= 15 is 0 Å². The Balaban J connectivity index is 3.11. The summed E-state index contributed by atoms with van der Waals surface area (Å²) in [6.07, 6.45) is 5.04. The molecule has 0 atom stereocenters. The molecule has 1 aromatic heterocycles. The maximum atomic E-state index is 11.4. The van der Waals surface area contributed by atoms with Gasteiger partial charge in [-0.05, 0) is 6.92 Å². The van der Waals surface area contributed by atoms with Gasteiger partial charge in [-0.1, -0.05) is 35.4 Å². The third-order valence-electron chi connectivity index (χ3n) is 1.48. The Morgan fingerprint density at radius 1 is 1.62 bits per heavy atom. The minimum atomic E-state index is -0.320. The normalized spacial score (nSPS) is 11.0. The van der Waals surface area contributed by atoms with Crippen LogP contribution >= 0.6 is 23.2 Å². The number of nitrogens with zero attached hydrogens (tertiary/aromatic N) is 2. The molecular weight excluding hydrogens is 211 g/mol. The van der Waals surface area contributed by atoms with Gasteiger partial charge in [-0.3, -0.25) is 9.36 Å². The molecule has 1 aromatic rings. The third-order valence-corrected chi connectivity index (χ3v) is 2.20. The highest BCUT2D eigenvalue weighted by molar-refractivity contribution is 6.40. The zero-order valence-electron chi connectivity index (χ0n) is 7.00. The average molecular weight is 219 g/mol. The lowest BCUT2D eigenvalue weighted by atomic mass is 10.5. The van der Waals surface area contributed by atoms with Crippen LogP contribution in [0.1, 0.15) is 6.92 Å². The van der Waals surface area contributed by atoms with Gasteiger partial charge in [0.25, 0.3) is 5.56 Å². The Labute approximate surface area is 85.6 Å². The molecule has 3 nitrogen and oxygen atoms in total. The molecule has 0 radical (unpaired) electrons. The highest BCUT2D eigenvalue weighted by Crippen LogP contribution is 2.12. The Morgan fingerprint density at radius 3 is 2.92 bits per heavy atom. The molecule has 13 heavy (non-hydrogen) atoms. The predicted molar refractivity (Wildman–Crippen MR) is 53.3 cm³/mol. The Kier molecular flexibility index (Phi) is 3.51. The first-order chi connectivity index (χ1) is 6.16. The molecule has 1 rings (SSSR count). The van der Waals surface area contributed by atoms with Gasteiger partial charge in [-0.2, -0.15) is 0 Å². The fourth-order valence-electron chi connectivity index (χ4n) is 0.793. The van der Waals surface area contributed by atoms with Crippen molar-refractivity contribution in [1.82, 2.24) is 9.55 Å². The highest BCUT2D eigenvalue weighted by Gasteiger charge is 2.05. The summed E-state index contributed by atoms with van der Waals surface area (Å²) in [6, 6.07) is 0. The summed E-state index contributed by atoms with van der Waals surface area (Å²) in [4.78, 5) is 15.1. The highest BCUT2D eigenvalue weighted by atomic mass is 35.5. The van der Waals surface area contributed by atoms with E-state index in [9.17, 15) is 4.79 Å². The van der Waals surface area contributed by atoms with Crippen LogP contribution in [0.2, 0.25) is 10.2 Å². The number of hydrogen-bond donors (Lipinski definition) is 0. The van der Waals surface area contributed by atoms with Crippen LogP contribution in [0.15, 0.2) is 23.3 Å². The molecule has 0 fully saturated rings. The molecule has 0 aliphatic carbocycles. The van der Waals surface area contributed by atoms with Crippen LogP contribution in [0.3, 0.4) is 0 Å². The summed E-state index contributed by atoms with van der Waals surface area (Å²) in [5, 5.41) is 0.0112. The van der Waals surface area contributed by atoms with E-state index in [0.717, 1.165) is 0 Å². The van der Waals surface area contributed by atoms with Crippen molar-refractivity contribution >= 4 is 23.2 Å². The smallest absolute Gasteiger partial charge is 0.273 e. The minimum Gasteiger partial charge on any atom is -0.294 e. The van der Waals surface area contributed by atoms with Gasteiger partial charge in [-0.25, -0.2) is 4.98 Å². The van der Waals surface area contributed by atoms with E-state index in [1.165, 1.54) is 10.9 Å². The Hall–Kier alpha value is -0.800. The van der Waals surface area contributed by atoms with Crippen LogP contribution in [0.5, 0.6) is 0 Å². The van der Waals surface area contributed by atoms with Crippen molar-refractivity contribution in [2.24, 2.45) is 0 Å². The fourth-order valence-corrected chi connectivity index (χ4v) is 1.07. The second-order valence-corrected chi connectivity index (χ2v) is 3.11. The standard InChI is InChI=1S/C8H8Cl2N2O/c1-2-3-4-12-5-11-7(10)6(9)8(12)13/h2-3,5H,4H2,1H3/b3-2+. The van der Waals surface area contributed by atoms with Crippen LogP contribution in [0.4, 0.5) is 0 Å². The van der Waals surface area contributed by atoms with Crippen molar-refractivity contribution in [3.63, 3.8) is 0 Å². The first-order valence-electron chi connectivity index (χ1n) is 3.68. The first-order valence-corrected chi connectivity index (χ1v) is 4.44. The van der Waals surface area contributed by atoms with E-state index in [4.69, 9.17) is 23.2 Å². The van der Waals surface area contributed by atoms with Crippen molar-refractivity contribution < 1.29 is 0 Å². The van der Waals surface area contributed by atoms with Crippen molar-refractivity contribution in [3.05, 3.63) is 39.0 Å². The van der Waals surface area contributed by atoms with E-state index < -0.39 is 0 Å². The average Bonchev–Trinajstić information content (AvgIpc) is 2.13. The van der Waals surface area contributed by atoms with Crippen LogP contribution in [-0.2, 0) is 6.54 Å². The molecule has 0 saturated carbocycles. The zero-order chi connectivity index (χ0) is 9.84. The third kappa shape index (κ3) is 2.32. The second kappa shape index (κ2) is 4.44. The van der Waals surface area contributed by atoms with Gasteiger partial charge in [0.1, 0.15) is 5.02 Å². The summed E-state index contributed by atoms with van der Waals surface area (Å²) >= 11 is 11.2. The molecular formula is C8H8Cl2N2O. The molecule has 0 amide bonds. The van der Waals surface area contributed by atoms with Crippen LogP contribution < -0.4 is 5.56 Å². The van der Waals surface area contributed by atoms with Gasteiger partial charge < -0.3 is 0 Å². The number of rotatable bonds is 2. The van der Waals surface area contributed by atoms with Crippen molar-refractivity contribution in [1.29, 1.82) is 0 Å². The first kappa shape index (κ1) is 10.3. The largest absolute Gasteiger partial charge is 0.294 e. The molecule has 0 N–H and O–H groups in total.